The molecular formula is C20H33NO2. The minimum Gasteiger partial charge on any atom is -0.477 e. The fourth-order valence-corrected chi connectivity index (χ4v) is 2.70. The van der Waals surface area contributed by atoms with Gasteiger partial charge in [0.1, 0.15) is 5.75 Å². The lowest BCUT2D eigenvalue weighted by Crippen LogP contribution is -2.59. The summed E-state index contributed by atoms with van der Waals surface area (Å²) in [5.74, 6) is 0.322. The molecule has 0 heterocycles. The quantitative estimate of drug-likeness (QED) is 0.700. The molecule has 1 aromatic carbocycles. The zero-order valence-corrected chi connectivity index (χ0v) is 15.6. The molecule has 0 spiro atoms. The lowest BCUT2D eigenvalue weighted by Gasteiger charge is -2.45. The number of rotatable bonds is 9. The lowest BCUT2D eigenvalue weighted by molar-refractivity contribution is -0.147. The summed E-state index contributed by atoms with van der Waals surface area (Å²) in [4.78, 5) is 12.5. The maximum atomic E-state index is 12.5. The Kier molecular flexibility index (Phi) is 6.26. The zero-order valence-electron chi connectivity index (χ0n) is 15.6. The van der Waals surface area contributed by atoms with Crippen LogP contribution in [0.4, 0.5) is 0 Å². The molecule has 0 bridgehead atoms. The summed E-state index contributed by atoms with van der Waals surface area (Å²) < 4.78 is 6.28. The van der Waals surface area contributed by atoms with Crippen molar-refractivity contribution in [3.8, 4) is 5.75 Å². The molecule has 0 aromatic heterocycles. The van der Waals surface area contributed by atoms with Gasteiger partial charge in [0.2, 0.25) is 0 Å². The molecule has 0 saturated heterocycles. The zero-order chi connectivity index (χ0) is 17.7. The molecule has 2 N–H and O–H groups in total. The predicted molar refractivity (Wildman–Crippen MR) is 96.4 cm³/mol. The van der Waals surface area contributed by atoms with Crippen LogP contribution in [0.3, 0.4) is 0 Å². The molecule has 0 radical (unpaired) electrons. The van der Waals surface area contributed by atoms with E-state index >= 15 is 0 Å². The summed E-state index contributed by atoms with van der Waals surface area (Å²) >= 11 is 0. The fraction of sp³-hybridized carbons (Fsp3) is 0.650. The normalized spacial score (nSPS) is 15.0. The topological polar surface area (TPSA) is 52.3 Å². The maximum absolute atomic E-state index is 12.5. The number of primary amides is 1. The molecule has 1 amide bonds. The number of hydrogen-bond acceptors (Lipinski definition) is 2. The van der Waals surface area contributed by atoms with Gasteiger partial charge in [0.05, 0.1) is 0 Å². The van der Waals surface area contributed by atoms with E-state index in [1.54, 1.807) is 0 Å². The average molecular weight is 319 g/mol. The Morgan fingerprint density at radius 2 is 1.57 bits per heavy atom. The molecular weight excluding hydrogens is 286 g/mol. The number of amides is 1. The first kappa shape index (κ1) is 19.5. The van der Waals surface area contributed by atoms with Crippen molar-refractivity contribution in [2.45, 2.75) is 72.8 Å². The highest BCUT2D eigenvalue weighted by molar-refractivity contribution is 5.85. The van der Waals surface area contributed by atoms with Crippen molar-refractivity contribution in [3.05, 3.63) is 30.3 Å². The Bertz CT molecular complexity index is 508. The van der Waals surface area contributed by atoms with E-state index < -0.39 is 5.60 Å². The molecule has 0 aliphatic carbocycles. The Balaban J connectivity index is 3.23. The second-order valence-corrected chi connectivity index (χ2v) is 7.86. The van der Waals surface area contributed by atoms with Crippen LogP contribution in [0.25, 0.3) is 0 Å². The third-order valence-electron chi connectivity index (χ3n) is 5.52. The first-order chi connectivity index (χ1) is 10.6. The first-order valence-corrected chi connectivity index (χ1v) is 8.64. The second kappa shape index (κ2) is 7.37. The number of nitrogens with two attached hydrogens (primary N) is 1. The molecule has 130 valence electrons. The molecule has 0 saturated carbocycles. The SMILES string of the molecule is CCC(C)(C)CCC(Oc1ccccc1)(C(N)=O)C(C)(C)CC. The average Bonchev–Trinajstić information content (AvgIpc) is 2.52. The molecule has 3 heteroatoms. The summed E-state index contributed by atoms with van der Waals surface area (Å²) in [5, 5.41) is 0. The maximum Gasteiger partial charge on any atom is 0.262 e. The number of ether oxygens (including phenoxy) is 1. The van der Waals surface area contributed by atoms with Crippen molar-refractivity contribution in [2.75, 3.05) is 0 Å². The first-order valence-electron chi connectivity index (χ1n) is 8.64. The van der Waals surface area contributed by atoms with Crippen LogP contribution < -0.4 is 10.5 Å². The number of benzene rings is 1. The van der Waals surface area contributed by atoms with E-state index in [4.69, 9.17) is 10.5 Å². The Morgan fingerprint density at radius 3 is 2.00 bits per heavy atom. The van der Waals surface area contributed by atoms with Gasteiger partial charge in [0, 0.05) is 5.41 Å². The summed E-state index contributed by atoms with van der Waals surface area (Å²) in [5.41, 5.74) is 4.69. The number of carbonyl (C=O) groups is 1. The highest BCUT2D eigenvalue weighted by atomic mass is 16.5. The highest BCUT2D eigenvalue weighted by Gasteiger charge is 2.51. The standard InChI is InChI=1S/C20H33NO2/c1-7-18(3,4)14-15-20(17(21)22,19(5,6)8-2)23-16-12-10-9-11-13-16/h9-13H,7-8,14-15H2,1-6H3,(H2,21,22). The van der Waals surface area contributed by atoms with Crippen LogP contribution in [0.15, 0.2) is 30.3 Å². The lowest BCUT2D eigenvalue weighted by atomic mass is 9.67. The molecule has 1 atom stereocenters. The Hall–Kier alpha value is -1.51. The fourth-order valence-electron chi connectivity index (χ4n) is 2.70. The molecule has 0 fully saturated rings. The summed E-state index contributed by atoms with van der Waals surface area (Å²) in [6, 6.07) is 9.53. The molecule has 23 heavy (non-hydrogen) atoms. The van der Waals surface area contributed by atoms with Gasteiger partial charge in [-0.05, 0) is 36.8 Å². The molecule has 0 aliphatic rings. The van der Waals surface area contributed by atoms with E-state index in [1.807, 2.05) is 30.3 Å². The van der Waals surface area contributed by atoms with E-state index in [2.05, 4.69) is 41.5 Å². The summed E-state index contributed by atoms with van der Waals surface area (Å²) in [6.45, 7) is 12.8. The van der Waals surface area contributed by atoms with Gasteiger partial charge < -0.3 is 10.5 Å². The van der Waals surface area contributed by atoms with Crippen LogP contribution in [0.5, 0.6) is 5.75 Å². The Labute approximate surface area is 141 Å². The van der Waals surface area contributed by atoms with Gasteiger partial charge in [-0.25, -0.2) is 0 Å². The van der Waals surface area contributed by atoms with Crippen LogP contribution in [0.1, 0.15) is 67.2 Å². The molecule has 1 aromatic rings. The minimum atomic E-state index is -1.00. The van der Waals surface area contributed by atoms with E-state index in [0.29, 0.717) is 12.2 Å². The third kappa shape index (κ3) is 4.49. The van der Waals surface area contributed by atoms with Gasteiger partial charge in [0.25, 0.3) is 5.91 Å². The van der Waals surface area contributed by atoms with Gasteiger partial charge in [-0.2, -0.15) is 0 Å². The van der Waals surface area contributed by atoms with Crippen molar-refractivity contribution in [1.82, 2.24) is 0 Å². The summed E-state index contributed by atoms with van der Waals surface area (Å²) in [7, 11) is 0. The van der Waals surface area contributed by atoms with Crippen molar-refractivity contribution in [1.29, 1.82) is 0 Å². The number of hydrogen-bond donors (Lipinski definition) is 1. The van der Waals surface area contributed by atoms with E-state index in [0.717, 1.165) is 19.3 Å². The number of para-hydroxylation sites is 1. The van der Waals surface area contributed by atoms with Gasteiger partial charge >= 0.3 is 0 Å². The van der Waals surface area contributed by atoms with Gasteiger partial charge in [-0.1, -0.05) is 66.2 Å². The van der Waals surface area contributed by atoms with Crippen LogP contribution in [-0.4, -0.2) is 11.5 Å². The highest BCUT2D eigenvalue weighted by Crippen LogP contribution is 2.43. The molecule has 1 rings (SSSR count). The van der Waals surface area contributed by atoms with Gasteiger partial charge in [-0.3, -0.25) is 4.79 Å². The van der Waals surface area contributed by atoms with Crippen LogP contribution in [0, 0.1) is 10.8 Å². The number of carbonyl (C=O) groups excluding carboxylic acids is 1. The third-order valence-corrected chi connectivity index (χ3v) is 5.52. The Morgan fingerprint density at radius 1 is 1.00 bits per heavy atom. The van der Waals surface area contributed by atoms with Crippen LogP contribution >= 0.6 is 0 Å². The smallest absolute Gasteiger partial charge is 0.262 e. The van der Waals surface area contributed by atoms with Crippen molar-refractivity contribution in [2.24, 2.45) is 16.6 Å². The van der Waals surface area contributed by atoms with Crippen molar-refractivity contribution >= 4 is 5.91 Å². The van der Waals surface area contributed by atoms with E-state index in [9.17, 15) is 4.79 Å². The monoisotopic (exact) mass is 319 g/mol. The van der Waals surface area contributed by atoms with Crippen LogP contribution in [0.2, 0.25) is 0 Å². The van der Waals surface area contributed by atoms with Crippen molar-refractivity contribution < 1.29 is 9.53 Å². The van der Waals surface area contributed by atoms with Crippen LogP contribution in [-0.2, 0) is 4.79 Å². The minimum absolute atomic E-state index is 0.157. The largest absolute Gasteiger partial charge is 0.477 e. The van der Waals surface area contributed by atoms with E-state index in [-0.39, 0.29) is 16.7 Å². The molecule has 0 aliphatic heterocycles. The second-order valence-electron chi connectivity index (χ2n) is 7.86. The summed E-state index contributed by atoms with van der Waals surface area (Å²) in [6.07, 6.45) is 3.39. The van der Waals surface area contributed by atoms with E-state index in [1.165, 1.54) is 0 Å². The predicted octanol–water partition coefficient (Wildman–Crippen LogP) is 4.94. The van der Waals surface area contributed by atoms with Gasteiger partial charge in [0.15, 0.2) is 5.60 Å². The molecule has 1 unspecified atom stereocenters. The van der Waals surface area contributed by atoms with Gasteiger partial charge in [-0.15, -0.1) is 0 Å². The molecule has 3 nitrogen and oxygen atoms in total. The van der Waals surface area contributed by atoms with Crippen molar-refractivity contribution in [3.63, 3.8) is 0 Å².